The van der Waals surface area contributed by atoms with Crippen molar-refractivity contribution in [3.05, 3.63) is 12.0 Å². The van der Waals surface area contributed by atoms with Gasteiger partial charge in [-0.3, -0.25) is 0 Å². The molecule has 0 saturated carbocycles. The summed E-state index contributed by atoms with van der Waals surface area (Å²) in [6.07, 6.45) is 0.0170. The number of hydrogen-bond acceptors (Lipinski definition) is 3. The number of ether oxygens (including phenoxy) is 1. The van der Waals surface area contributed by atoms with Gasteiger partial charge in [0.1, 0.15) is 0 Å². The molecule has 0 saturated heterocycles. The first-order valence-electron chi connectivity index (χ1n) is 2.61. The molecule has 0 aliphatic rings. The van der Waals surface area contributed by atoms with Crippen LogP contribution >= 0.6 is 0 Å². The molecule has 0 atom stereocenters. The SMILES string of the molecule is Cc1[nH]cnc1OC(=O)O. The second kappa shape index (κ2) is 2.38. The predicted molar refractivity (Wildman–Crippen MR) is 32.0 cm³/mol. The van der Waals surface area contributed by atoms with Crippen molar-refractivity contribution in [2.75, 3.05) is 0 Å². The quantitative estimate of drug-likeness (QED) is 0.568. The third-order valence-corrected chi connectivity index (χ3v) is 0.968. The van der Waals surface area contributed by atoms with E-state index in [2.05, 4.69) is 14.7 Å². The number of nitrogens with one attached hydrogen (secondary N) is 1. The number of hydrogen-bond donors (Lipinski definition) is 2. The minimum absolute atomic E-state index is 0.104. The maximum absolute atomic E-state index is 9.94. The van der Waals surface area contributed by atoms with E-state index in [0.717, 1.165) is 0 Å². The minimum Gasteiger partial charge on any atom is -0.449 e. The van der Waals surface area contributed by atoms with E-state index < -0.39 is 6.16 Å². The fourth-order valence-electron chi connectivity index (χ4n) is 0.532. The third-order valence-electron chi connectivity index (χ3n) is 0.968. The molecule has 0 radical (unpaired) electrons. The molecule has 1 rings (SSSR count). The van der Waals surface area contributed by atoms with E-state index in [0.29, 0.717) is 5.69 Å². The average Bonchev–Trinajstić information content (AvgIpc) is 2.15. The molecule has 0 aromatic carbocycles. The van der Waals surface area contributed by atoms with Gasteiger partial charge in [0.15, 0.2) is 0 Å². The van der Waals surface area contributed by atoms with Crippen LogP contribution in [0.3, 0.4) is 0 Å². The van der Waals surface area contributed by atoms with Crippen molar-refractivity contribution in [1.82, 2.24) is 9.97 Å². The Labute approximate surface area is 56.7 Å². The molecule has 0 amide bonds. The van der Waals surface area contributed by atoms with E-state index in [4.69, 9.17) is 5.11 Å². The highest BCUT2D eigenvalue weighted by molar-refractivity contribution is 5.60. The van der Waals surface area contributed by atoms with Crippen LogP contribution in [0, 0.1) is 6.92 Å². The molecule has 0 fully saturated rings. The van der Waals surface area contributed by atoms with Crippen LogP contribution in [0.15, 0.2) is 6.33 Å². The lowest BCUT2D eigenvalue weighted by atomic mass is 10.5. The number of carbonyl (C=O) groups is 1. The largest absolute Gasteiger partial charge is 0.512 e. The van der Waals surface area contributed by atoms with Crippen molar-refractivity contribution in [2.45, 2.75) is 6.92 Å². The molecule has 1 aromatic heterocycles. The van der Waals surface area contributed by atoms with Crippen molar-refractivity contribution in [3.63, 3.8) is 0 Å². The van der Waals surface area contributed by atoms with Crippen LogP contribution in [0.5, 0.6) is 5.88 Å². The van der Waals surface area contributed by atoms with Gasteiger partial charge in [-0.15, -0.1) is 0 Å². The molecule has 0 aliphatic carbocycles. The van der Waals surface area contributed by atoms with Gasteiger partial charge in [0, 0.05) is 0 Å². The molecule has 0 unspecified atom stereocenters. The Morgan fingerprint density at radius 1 is 1.90 bits per heavy atom. The Balaban J connectivity index is 2.74. The van der Waals surface area contributed by atoms with Gasteiger partial charge in [0.2, 0.25) is 5.88 Å². The molecule has 1 heterocycles. The number of aromatic amines is 1. The summed E-state index contributed by atoms with van der Waals surface area (Å²) in [7, 11) is 0. The molecule has 5 nitrogen and oxygen atoms in total. The minimum atomic E-state index is -1.35. The van der Waals surface area contributed by atoms with Crippen LogP contribution in [0.1, 0.15) is 5.69 Å². The van der Waals surface area contributed by atoms with Gasteiger partial charge < -0.3 is 14.8 Å². The first-order chi connectivity index (χ1) is 4.70. The lowest BCUT2D eigenvalue weighted by Crippen LogP contribution is -2.03. The van der Waals surface area contributed by atoms with Crippen molar-refractivity contribution in [2.24, 2.45) is 0 Å². The second-order valence-corrected chi connectivity index (χ2v) is 1.70. The second-order valence-electron chi connectivity index (χ2n) is 1.70. The highest BCUT2D eigenvalue weighted by Gasteiger charge is 2.05. The zero-order chi connectivity index (χ0) is 7.56. The van der Waals surface area contributed by atoms with Crippen LogP contribution in [0.25, 0.3) is 0 Å². The number of imidazole rings is 1. The average molecular weight is 142 g/mol. The topological polar surface area (TPSA) is 75.2 Å². The van der Waals surface area contributed by atoms with Gasteiger partial charge >= 0.3 is 6.16 Å². The van der Waals surface area contributed by atoms with Crippen molar-refractivity contribution >= 4 is 6.16 Å². The summed E-state index contributed by atoms with van der Waals surface area (Å²) in [5.74, 6) is 0.104. The maximum Gasteiger partial charge on any atom is 0.512 e. The summed E-state index contributed by atoms with van der Waals surface area (Å²) in [5, 5.41) is 8.13. The van der Waals surface area contributed by atoms with Crippen LogP contribution < -0.4 is 4.74 Å². The first kappa shape index (κ1) is 6.60. The van der Waals surface area contributed by atoms with E-state index in [9.17, 15) is 4.79 Å². The predicted octanol–water partition coefficient (Wildman–Crippen LogP) is 0.775. The number of H-pyrrole nitrogens is 1. The van der Waals surface area contributed by atoms with Gasteiger partial charge in [0.25, 0.3) is 0 Å². The highest BCUT2D eigenvalue weighted by atomic mass is 16.7. The molecule has 0 aliphatic heterocycles. The first-order valence-corrected chi connectivity index (χ1v) is 2.61. The number of nitrogens with zero attached hydrogens (tertiary/aromatic N) is 1. The van der Waals surface area contributed by atoms with E-state index in [1.54, 1.807) is 6.92 Å². The zero-order valence-corrected chi connectivity index (χ0v) is 5.29. The van der Waals surface area contributed by atoms with Crippen molar-refractivity contribution < 1.29 is 14.6 Å². The smallest absolute Gasteiger partial charge is 0.449 e. The molecule has 0 bridgehead atoms. The summed E-state index contributed by atoms with van der Waals surface area (Å²) < 4.78 is 4.26. The summed E-state index contributed by atoms with van der Waals surface area (Å²) >= 11 is 0. The Morgan fingerprint density at radius 3 is 3.00 bits per heavy atom. The summed E-state index contributed by atoms with van der Waals surface area (Å²) in [6.45, 7) is 1.67. The van der Waals surface area contributed by atoms with Gasteiger partial charge in [-0.05, 0) is 6.92 Å². The van der Waals surface area contributed by atoms with E-state index in [-0.39, 0.29) is 5.88 Å². The lowest BCUT2D eigenvalue weighted by molar-refractivity contribution is 0.142. The Hall–Kier alpha value is -1.52. The Bertz CT molecular complexity index is 243. The number of aromatic nitrogens is 2. The van der Waals surface area contributed by atoms with E-state index in [1.165, 1.54) is 6.33 Å². The molecule has 54 valence electrons. The van der Waals surface area contributed by atoms with E-state index in [1.807, 2.05) is 0 Å². The van der Waals surface area contributed by atoms with Gasteiger partial charge in [-0.1, -0.05) is 0 Å². The number of rotatable bonds is 1. The fraction of sp³-hybridized carbons (Fsp3) is 0.200. The highest BCUT2D eigenvalue weighted by Crippen LogP contribution is 2.09. The number of aryl methyl sites for hydroxylation is 1. The van der Waals surface area contributed by atoms with Crippen LogP contribution in [0.2, 0.25) is 0 Å². The zero-order valence-electron chi connectivity index (χ0n) is 5.29. The molecular formula is C5H6N2O3. The third kappa shape index (κ3) is 1.25. The molecule has 2 N–H and O–H groups in total. The molecule has 1 aromatic rings. The summed E-state index contributed by atoms with van der Waals surface area (Å²) in [6, 6.07) is 0. The Morgan fingerprint density at radius 2 is 2.60 bits per heavy atom. The van der Waals surface area contributed by atoms with Crippen molar-refractivity contribution in [1.29, 1.82) is 0 Å². The standard InChI is InChI=1S/C5H6N2O3/c1-3-4(7-2-6-3)10-5(8)9/h2H,1H3,(H,6,7)(H,8,9). The monoisotopic (exact) mass is 142 g/mol. The summed E-state index contributed by atoms with van der Waals surface area (Å²) in [4.78, 5) is 16.2. The molecule has 0 spiro atoms. The van der Waals surface area contributed by atoms with Gasteiger partial charge in [-0.25, -0.2) is 9.78 Å². The fourth-order valence-corrected chi connectivity index (χ4v) is 0.532. The van der Waals surface area contributed by atoms with Gasteiger partial charge in [0.05, 0.1) is 12.0 Å². The van der Waals surface area contributed by atoms with Gasteiger partial charge in [-0.2, -0.15) is 0 Å². The molecular weight excluding hydrogens is 136 g/mol. The van der Waals surface area contributed by atoms with E-state index >= 15 is 0 Å². The molecule has 5 heteroatoms. The van der Waals surface area contributed by atoms with Crippen molar-refractivity contribution in [3.8, 4) is 5.88 Å². The van der Waals surface area contributed by atoms with Crippen LogP contribution in [-0.2, 0) is 0 Å². The summed E-state index contributed by atoms with van der Waals surface area (Å²) in [5.41, 5.74) is 0.599. The normalized spacial score (nSPS) is 9.30. The maximum atomic E-state index is 9.94. The Kier molecular flexibility index (Phi) is 1.57. The van der Waals surface area contributed by atoms with Crippen LogP contribution in [-0.4, -0.2) is 21.2 Å². The van der Waals surface area contributed by atoms with Crippen LogP contribution in [0.4, 0.5) is 4.79 Å². The lowest BCUT2D eigenvalue weighted by Gasteiger charge is -1.92. The molecule has 10 heavy (non-hydrogen) atoms. The number of carboxylic acid groups (broad SMARTS) is 1.